The van der Waals surface area contributed by atoms with Crippen molar-refractivity contribution in [1.82, 2.24) is 15.2 Å². The topological polar surface area (TPSA) is 75.7 Å². The van der Waals surface area contributed by atoms with E-state index in [1.54, 1.807) is 0 Å². The van der Waals surface area contributed by atoms with E-state index in [0.717, 1.165) is 5.10 Å². The first-order valence-electron chi connectivity index (χ1n) is 3.28. The molecule has 92 valence electrons. The average Bonchev–Trinajstić information content (AvgIpc) is 2.47. The maximum Gasteiger partial charge on any atom is 0.461 e. The lowest BCUT2D eigenvalue weighted by molar-refractivity contribution is -0.292. The van der Waals surface area contributed by atoms with Gasteiger partial charge in [-0.2, -0.15) is 26.9 Å². The number of nitrogens with zero attached hydrogens (tertiary/aromatic N) is 2. The molecule has 0 radical (unpaired) electrons. The molecule has 0 aromatic carbocycles. The quantitative estimate of drug-likeness (QED) is 0.658. The molecule has 12 heteroatoms. The number of alkyl halides is 5. The van der Waals surface area contributed by atoms with Gasteiger partial charge in [0.2, 0.25) is 5.82 Å². The Morgan fingerprint density at radius 2 is 1.69 bits per heavy atom. The van der Waals surface area contributed by atoms with Gasteiger partial charge in [-0.05, 0) is 0 Å². The van der Waals surface area contributed by atoms with Crippen LogP contribution in [-0.2, 0) is 15.0 Å². The van der Waals surface area contributed by atoms with Crippen LogP contribution in [0.5, 0.6) is 0 Å². The number of hydrogen-bond acceptors (Lipinski definition) is 4. The van der Waals surface area contributed by atoms with Crippen molar-refractivity contribution in [2.24, 2.45) is 0 Å². The zero-order valence-corrected chi connectivity index (χ0v) is 8.46. The predicted molar refractivity (Wildman–Crippen MR) is 39.4 cm³/mol. The van der Waals surface area contributed by atoms with E-state index in [-0.39, 0.29) is 0 Å². The molecule has 0 spiro atoms. The summed E-state index contributed by atoms with van der Waals surface area (Å²) >= 11 is 0. The van der Waals surface area contributed by atoms with Crippen molar-refractivity contribution in [3.63, 3.8) is 0 Å². The van der Waals surface area contributed by atoms with Crippen LogP contribution < -0.4 is 0 Å². The van der Waals surface area contributed by atoms with Gasteiger partial charge >= 0.3 is 12.1 Å². The minimum absolute atomic E-state index is 1.16. The van der Waals surface area contributed by atoms with Gasteiger partial charge in [0.15, 0.2) is 0 Å². The van der Waals surface area contributed by atoms with Crippen LogP contribution in [0.2, 0.25) is 0 Å². The van der Waals surface area contributed by atoms with Crippen LogP contribution in [0.15, 0.2) is 5.16 Å². The van der Waals surface area contributed by atoms with Gasteiger partial charge in [0.1, 0.15) is 0 Å². The van der Waals surface area contributed by atoms with E-state index in [1.165, 1.54) is 0 Å². The van der Waals surface area contributed by atoms with E-state index in [9.17, 15) is 30.4 Å². The smallest absolute Gasteiger partial charge is 0.257 e. The number of rotatable bonds is 2. The van der Waals surface area contributed by atoms with Crippen LogP contribution in [0.1, 0.15) is 5.82 Å². The average molecular weight is 286 g/mol. The molecule has 1 heterocycles. The molecule has 1 rings (SSSR count). The molecule has 0 aliphatic heterocycles. The molecule has 1 N–H and O–H groups in total. The number of hydrogen-bond donors (Lipinski definition) is 1. The van der Waals surface area contributed by atoms with Crippen molar-refractivity contribution < 1.29 is 30.4 Å². The standard InChI is InChI=1S/C4HClF5N3O2S/c5-16(14,15)2-11-1(12-13-2)3(6,7)4(8,9)10/h(H,11,12,13). The van der Waals surface area contributed by atoms with Crippen molar-refractivity contribution in [2.75, 3.05) is 0 Å². The highest BCUT2D eigenvalue weighted by atomic mass is 35.7. The molecule has 0 aliphatic rings. The third kappa shape index (κ3) is 2.24. The normalized spacial score (nSPS) is 14.1. The fourth-order valence-corrected chi connectivity index (χ4v) is 1.19. The summed E-state index contributed by atoms with van der Waals surface area (Å²) in [7, 11) is 0.0676. The number of aromatic amines is 1. The molecule has 0 saturated heterocycles. The Morgan fingerprint density at radius 3 is 2.00 bits per heavy atom. The van der Waals surface area contributed by atoms with Crippen LogP contribution in [0.25, 0.3) is 0 Å². The highest BCUT2D eigenvalue weighted by Gasteiger charge is 2.61. The Bertz CT molecular complexity index is 494. The van der Waals surface area contributed by atoms with Crippen LogP contribution in [0, 0.1) is 0 Å². The zero-order valence-electron chi connectivity index (χ0n) is 6.89. The van der Waals surface area contributed by atoms with Crippen molar-refractivity contribution in [1.29, 1.82) is 0 Å². The van der Waals surface area contributed by atoms with Gasteiger partial charge in [-0.25, -0.2) is 8.42 Å². The maximum absolute atomic E-state index is 12.6. The third-order valence-corrected chi connectivity index (χ3v) is 2.37. The van der Waals surface area contributed by atoms with E-state index < -0.39 is 32.1 Å². The van der Waals surface area contributed by atoms with Crippen LogP contribution >= 0.6 is 10.7 Å². The molecular weight excluding hydrogens is 285 g/mol. The lowest BCUT2D eigenvalue weighted by atomic mass is 10.3. The first-order valence-corrected chi connectivity index (χ1v) is 5.59. The number of nitrogens with one attached hydrogen (secondary N) is 1. The Morgan fingerprint density at radius 1 is 1.19 bits per heavy atom. The molecule has 0 fully saturated rings. The van der Waals surface area contributed by atoms with E-state index >= 15 is 0 Å². The fraction of sp³-hybridized carbons (Fsp3) is 0.500. The van der Waals surface area contributed by atoms with Crippen molar-refractivity contribution in [3.8, 4) is 0 Å². The SMILES string of the molecule is O=S(=O)(Cl)c1n[nH]c(C(F)(F)C(F)(F)F)n1. The van der Waals surface area contributed by atoms with Gasteiger partial charge in [0.05, 0.1) is 0 Å². The summed E-state index contributed by atoms with van der Waals surface area (Å²) in [5.41, 5.74) is 0. The lowest BCUT2D eigenvalue weighted by Crippen LogP contribution is -2.34. The van der Waals surface area contributed by atoms with E-state index in [1.807, 2.05) is 0 Å². The molecule has 5 nitrogen and oxygen atoms in total. The molecule has 0 aliphatic carbocycles. The third-order valence-electron chi connectivity index (χ3n) is 1.34. The molecule has 1 aromatic heterocycles. The summed E-state index contributed by atoms with van der Waals surface area (Å²) in [5, 5.41) is 2.44. The van der Waals surface area contributed by atoms with Crippen molar-refractivity contribution >= 4 is 19.7 Å². The summed E-state index contributed by atoms with van der Waals surface area (Å²) in [6.45, 7) is 0. The monoisotopic (exact) mass is 285 g/mol. The van der Waals surface area contributed by atoms with Gasteiger partial charge in [-0.15, -0.1) is 5.10 Å². The minimum Gasteiger partial charge on any atom is -0.257 e. The largest absolute Gasteiger partial charge is 0.461 e. The molecule has 16 heavy (non-hydrogen) atoms. The molecule has 0 bridgehead atoms. The lowest BCUT2D eigenvalue weighted by Gasteiger charge is -2.15. The van der Waals surface area contributed by atoms with Gasteiger partial charge < -0.3 is 0 Å². The summed E-state index contributed by atoms with van der Waals surface area (Å²) in [6, 6.07) is 0. The highest BCUT2D eigenvalue weighted by Crippen LogP contribution is 2.42. The molecule has 1 aromatic rings. The first-order chi connectivity index (χ1) is 6.96. The predicted octanol–water partition coefficient (Wildman–Crippen LogP) is 1.39. The number of aromatic nitrogens is 3. The van der Waals surface area contributed by atoms with E-state index in [4.69, 9.17) is 0 Å². The summed E-state index contributed by atoms with van der Waals surface area (Å²) in [5.74, 6) is -7.28. The fourth-order valence-electron chi connectivity index (χ4n) is 0.630. The van der Waals surface area contributed by atoms with Gasteiger partial charge in [-0.1, -0.05) is 0 Å². The van der Waals surface area contributed by atoms with Crippen LogP contribution in [-0.4, -0.2) is 29.8 Å². The summed E-state index contributed by atoms with van der Waals surface area (Å²) in [6.07, 6.45) is -5.92. The molecular formula is C4HClF5N3O2S. The zero-order chi connectivity index (χ0) is 12.8. The summed E-state index contributed by atoms with van der Waals surface area (Å²) < 4.78 is 81.6. The second-order valence-electron chi connectivity index (χ2n) is 2.48. The van der Waals surface area contributed by atoms with E-state index in [2.05, 4.69) is 20.8 Å². The maximum atomic E-state index is 12.6. The molecule has 0 unspecified atom stereocenters. The van der Waals surface area contributed by atoms with Gasteiger partial charge in [-0.3, -0.25) is 5.10 Å². The van der Waals surface area contributed by atoms with Crippen molar-refractivity contribution in [3.05, 3.63) is 5.82 Å². The Hall–Kier alpha value is -0.970. The highest BCUT2D eigenvalue weighted by molar-refractivity contribution is 8.13. The molecule has 0 atom stereocenters. The Balaban J connectivity index is 3.23. The first kappa shape index (κ1) is 13.1. The second-order valence-corrected chi connectivity index (χ2v) is 4.94. The van der Waals surface area contributed by atoms with Crippen molar-refractivity contribution in [2.45, 2.75) is 17.3 Å². The Labute approximate surface area is 89.0 Å². The molecule has 0 saturated carbocycles. The second kappa shape index (κ2) is 3.52. The van der Waals surface area contributed by atoms with Gasteiger partial charge in [0, 0.05) is 10.7 Å². The van der Waals surface area contributed by atoms with Crippen LogP contribution in [0.4, 0.5) is 22.0 Å². The molecule has 0 amide bonds. The number of halogens is 6. The summed E-state index contributed by atoms with van der Waals surface area (Å²) in [4.78, 5) is 2.46. The Kier molecular flexibility index (Phi) is 2.88. The van der Waals surface area contributed by atoms with E-state index in [0.29, 0.717) is 0 Å². The number of H-pyrrole nitrogens is 1. The van der Waals surface area contributed by atoms with Crippen LogP contribution in [0.3, 0.4) is 0 Å². The minimum atomic E-state index is -5.92. The van der Waals surface area contributed by atoms with Gasteiger partial charge in [0.25, 0.3) is 14.2 Å².